The fourth-order valence-corrected chi connectivity index (χ4v) is 8.44. The van der Waals surface area contributed by atoms with Gasteiger partial charge in [-0.15, -0.1) is 11.3 Å². The van der Waals surface area contributed by atoms with Crippen LogP contribution in [-0.2, 0) is 6.42 Å². The summed E-state index contributed by atoms with van der Waals surface area (Å²) in [6.45, 7) is 0. The molecular formula is C43H28N4S. The standard InChI is InChI=1S/C43H28N4S/c1-2-12-27(13-3-1)31-25-35(40-34-18-8-11-21-38(34)48-39(40)26-31)42-44-41(30-23-22-28-14-4-5-15-29(28)24-30)45-43(46-42)47-36-19-9-6-16-32(36)33-17-7-10-20-37(33)47/h1-6,8-16,18-26H,7,17H2. The van der Waals surface area contributed by atoms with Gasteiger partial charge < -0.3 is 0 Å². The Labute approximate surface area is 281 Å². The molecular weight excluding hydrogens is 605 g/mol. The van der Waals surface area contributed by atoms with Gasteiger partial charge in [0.1, 0.15) is 0 Å². The molecule has 0 spiro atoms. The van der Waals surface area contributed by atoms with Gasteiger partial charge in [-0.05, 0) is 76.7 Å². The normalized spacial score (nSPS) is 12.8. The van der Waals surface area contributed by atoms with Crippen molar-refractivity contribution in [3.05, 3.63) is 151 Å². The minimum Gasteiger partial charge on any atom is -0.278 e. The van der Waals surface area contributed by atoms with Crippen LogP contribution in [0.15, 0.2) is 140 Å². The number of thiophene rings is 1. The highest BCUT2D eigenvalue weighted by atomic mass is 32.1. The summed E-state index contributed by atoms with van der Waals surface area (Å²) in [4.78, 5) is 15.9. The summed E-state index contributed by atoms with van der Waals surface area (Å²) in [5.74, 6) is 1.95. The molecule has 0 fully saturated rings. The van der Waals surface area contributed by atoms with Crippen molar-refractivity contribution in [1.82, 2.24) is 19.5 Å². The number of para-hydroxylation sites is 1. The SMILES string of the molecule is C1=Cc2c(c3ccccc3n2-c2nc(-c3ccc4ccccc4c3)nc(-c3cc(-c4ccccc4)cc4sc5ccccc5c34)n2)CC1. The number of fused-ring (bicyclic) bond motifs is 7. The lowest BCUT2D eigenvalue weighted by Gasteiger charge is -2.14. The molecule has 226 valence electrons. The first kappa shape index (κ1) is 27.2. The number of rotatable bonds is 4. The molecule has 0 N–H and O–H groups in total. The van der Waals surface area contributed by atoms with Crippen LogP contribution in [0.5, 0.6) is 0 Å². The maximum atomic E-state index is 5.37. The fraction of sp³-hybridized carbons (Fsp3) is 0.0465. The molecule has 0 saturated heterocycles. The molecule has 0 atom stereocenters. The predicted octanol–water partition coefficient (Wildman–Crippen LogP) is 11.3. The first-order valence-corrected chi connectivity index (χ1v) is 17.2. The number of aryl methyl sites for hydroxylation is 1. The van der Waals surface area contributed by atoms with Crippen molar-refractivity contribution in [3.63, 3.8) is 0 Å². The molecule has 9 aromatic rings. The highest BCUT2D eigenvalue weighted by Gasteiger charge is 2.23. The van der Waals surface area contributed by atoms with Crippen LogP contribution in [0.2, 0.25) is 0 Å². The average Bonchev–Trinajstić information content (AvgIpc) is 3.70. The van der Waals surface area contributed by atoms with Gasteiger partial charge in [0.05, 0.1) is 11.2 Å². The minimum atomic E-state index is 0.630. The van der Waals surface area contributed by atoms with Crippen LogP contribution in [-0.4, -0.2) is 19.5 Å². The van der Waals surface area contributed by atoms with E-state index in [2.05, 4.69) is 150 Å². The lowest BCUT2D eigenvalue weighted by Crippen LogP contribution is -2.09. The Bertz CT molecular complexity index is 2740. The summed E-state index contributed by atoms with van der Waals surface area (Å²) in [6, 6.07) is 47.4. The summed E-state index contributed by atoms with van der Waals surface area (Å²) < 4.78 is 4.70. The van der Waals surface area contributed by atoms with Gasteiger partial charge in [0.2, 0.25) is 5.95 Å². The number of hydrogen-bond donors (Lipinski definition) is 0. The molecule has 3 aromatic heterocycles. The summed E-state index contributed by atoms with van der Waals surface area (Å²) in [5.41, 5.74) is 7.89. The smallest absolute Gasteiger partial charge is 0.238 e. The third-order valence-corrected chi connectivity index (χ3v) is 10.6. The van der Waals surface area contributed by atoms with E-state index in [0.29, 0.717) is 17.6 Å². The Balaban J connectivity index is 1.31. The first-order valence-electron chi connectivity index (χ1n) is 16.3. The van der Waals surface area contributed by atoms with Crippen LogP contribution in [0.25, 0.3) is 87.8 Å². The summed E-state index contributed by atoms with van der Waals surface area (Å²) in [6.07, 6.45) is 6.52. The van der Waals surface area contributed by atoms with Crippen molar-refractivity contribution < 1.29 is 0 Å². The van der Waals surface area contributed by atoms with Crippen molar-refractivity contribution in [2.75, 3.05) is 0 Å². The highest BCUT2D eigenvalue weighted by Crippen LogP contribution is 2.43. The molecule has 5 heteroatoms. The topological polar surface area (TPSA) is 43.6 Å². The molecule has 0 unspecified atom stereocenters. The van der Waals surface area contributed by atoms with E-state index in [1.54, 1.807) is 0 Å². The second-order valence-corrected chi connectivity index (χ2v) is 13.4. The molecule has 1 aliphatic carbocycles. The predicted molar refractivity (Wildman–Crippen MR) is 201 cm³/mol. The van der Waals surface area contributed by atoms with Crippen molar-refractivity contribution in [2.45, 2.75) is 12.8 Å². The van der Waals surface area contributed by atoms with Gasteiger partial charge in [0.25, 0.3) is 0 Å². The van der Waals surface area contributed by atoms with E-state index in [1.807, 2.05) is 11.3 Å². The molecule has 1 aliphatic rings. The number of allylic oxidation sites excluding steroid dienone is 1. The van der Waals surface area contributed by atoms with Gasteiger partial charge in [-0.3, -0.25) is 4.57 Å². The Hall–Kier alpha value is -5.91. The van der Waals surface area contributed by atoms with E-state index in [-0.39, 0.29) is 0 Å². The molecule has 10 rings (SSSR count). The van der Waals surface area contributed by atoms with Crippen molar-refractivity contribution in [3.8, 4) is 39.9 Å². The zero-order valence-corrected chi connectivity index (χ0v) is 26.8. The minimum absolute atomic E-state index is 0.630. The zero-order chi connectivity index (χ0) is 31.6. The van der Waals surface area contributed by atoms with Crippen molar-refractivity contribution in [2.24, 2.45) is 0 Å². The molecule has 0 aliphatic heterocycles. The summed E-state index contributed by atoms with van der Waals surface area (Å²) in [7, 11) is 0. The van der Waals surface area contributed by atoms with E-state index < -0.39 is 0 Å². The molecule has 0 bridgehead atoms. The maximum Gasteiger partial charge on any atom is 0.238 e. The highest BCUT2D eigenvalue weighted by molar-refractivity contribution is 7.26. The van der Waals surface area contributed by atoms with Gasteiger partial charge in [0, 0.05) is 36.7 Å². The van der Waals surface area contributed by atoms with Gasteiger partial charge in [0.15, 0.2) is 11.6 Å². The lowest BCUT2D eigenvalue weighted by atomic mass is 9.98. The van der Waals surface area contributed by atoms with Gasteiger partial charge in [-0.25, -0.2) is 4.98 Å². The zero-order valence-electron chi connectivity index (χ0n) is 26.0. The summed E-state index contributed by atoms with van der Waals surface area (Å²) >= 11 is 1.82. The Morgan fingerprint density at radius 2 is 1.33 bits per heavy atom. The number of benzene rings is 6. The van der Waals surface area contributed by atoms with Gasteiger partial charge >= 0.3 is 0 Å². The van der Waals surface area contributed by atoms with Gasteiger partial charge in [-0.1, -0.05) is 109 Å². The molecule has 6 aromatic carbocycles. The first-order chi connectivity index (χ1) is 23.8. The van der Waals surface area contributed by atoms with Crippen LogP contribution in [0.1, 0.15) is 17.7 Å². The Morgan fingerprint density at radius 1 is 0.562 bits per heavy atom. The number of aromatic nitrogens is 4. The average molecular weight is 633 g/mol. The second kappa shape index (κ2) is 10.8. The van der Waals surface area contributed by atoms with E-state index in [9.17, 15) is 0 Å². The number of nitrogens with zero attached hydrogens (tertiary/aromatic N) is 4. The van der Waals surface area contributed by atoms with Crippen LogP contribution in [0.4, 0.5) is 0 Å². The van der Waals surface area contributed by atoms with E-state index in [4.69, 9.17) is 15.0 Å². The maximum absolute atomic E-state index is 5.37. The quantitative estimate of drug-likeness (QED) is 0.194. The van der Waals surface area contributed by atoms with Crippen LogP contribution in [0.3, 0.4) is 0 Å². The lowest BCUT2D eigenvalue weighted by molar-refractivity contribution is 0.903. The third kappa shape index (κ3) is 4.32. The second-order valence-electron chi connectivity index (χ2n) is 12.4. The van der Waals surface area contributed by atoms with E-state index in [0.717, 1.165) is 51.7 Å². The largest absolute Gasteiger partial charge is 0.278 e. The summed E-state index contributed by atoms with van der Waals surface area (Å²) in [5, 5.41) is 5.99. The monoisotopic (exact) mass is 632 g/mol. The Kier molecular flexibility index (Phi) is 6.14. The molecule has 0 amide bonds. The third-order valence-electron chi connectivity index (χ3n) is 9.51. The molecule has 48 heavy (non-hydrogen) atoms. The molecule has 3 heterocycles. The van der Waals surface area contributed by atoms with Gasteiger partial charge in [-0.2, -0.15) is 9.97 Å². The molecule has 0 saturated carbocycles. The van der Waals surface area contributed by atoms with E-state index >= 15 is 0 Å². The Morgan fingerprint density at radius 3 is 2.25 bits per heavy atom. The van der Waals surface area contributed by atoms with Crippen molar-refractivity contribution in [1.29, 1.82) is 0 Å². The van der Waals surface area contributed by atoms with E-state index in [1.165, 1.54) is 36.5 Å². The molecule has 4 nitrogen and oxygen atoms in total. The van der Waals surface area contributed by atoms with Crippen LogP contribution >= 0.6 is 11.3 Å². The molecule has 0 radical (unpaired) electrons. The fourth-order valence-electron chi connectivity index (χ4n) is 7.27. The van der Waals surface area contributed by atoms with Crippen molar-refractivity contribution >= 4 is 59.3 Å². The number of hydrogen-bond acceptors (Lipinski definition) is 4. The van der Waals surface area contributed by atoms with Crippen LogP contribution < -0.4 is 0 Å². The van der Waals surface area contributed by atoms with Crippen LogP contribution in [0, 0.1) is 0 Å².